The van der Waals surface area contributed by atoms with Crippen molar-refractivity contribution in [2.24, 2.45) is 0 Å². The first-order valence-corrected chi connectivity index (χ1v) is 8.46. The highest BCUT2D eigenvalue weighted by Gasteiger charge is 2.30. The summed E-state index contributed by atoms with van der Waals surface area (Å²) >= 11 is 5.79. The highest BCUT2D eigenvalue weighted by Crippen LogP contribution is 2.29. The molecule has 0 aromatic heterocycles. The molecule has 0 aliphatic carbocycles. The van der Waals surface area contributed by atoms with Crippen LogP contribution in [0.4, 0.5) is 13.2 Å². The van der Waals surface area contributed by atoms with Crippen LogP contribution < -0.4 is 4.74 Å². The Labute approximate surface area is 155 Å². The standard InChI is InChI=1S/C19H19ClF3NO2/c1-24(12-2-3-13-26-17-10-8-16(20)9-11-17)18(25)14-4-6-15(7-5-14)19(21,22)23/h4-11H,2-3,12-13H2,1H3. The molecule has 7 heteroatoms. The van der Waals surface area contributed by atoms with Crippen LogP contribution in [0.1, 0.15) is 28.8 Å². The number of ether oxygens (including phenoxy) is 1. The van der Waals surface area contributed by atoms with Crippen LogP contribution in [0.25, 0.3) is 0 Å². The lowest BCUT2D eigenvalue weighted by Gasteiger charge is -2.17. The number of nitrogens with zero attached hydrogens (tertiary/aromatic N) is 1. The summed E-state index contributed by atoms with van der Waals surface area (Å²) in [4.78, 5) is 13.7. The Morgan fingerprint density at radius 3 is 2.23 bits per heavy atom. The van der Waals surface area contributed by atoms with Crippen molar-refractivity contribution in [3.8, 4) is 5.75 Å². The van der Waals surface area contributed by atoms with Crippen LogP contribution in [0.3, 0.4) is 0 Å². The molecule has 2 aromatic carbocycles. The van der Waals surface area contributed by atoms with Crippen molar-refractivity contribution < 1.29 is 22.7 Å². The van der Waals surface area contributed by atoms with Gasteiger partial charge in [-0.15, -0.1) is 0 Å². The minimum absolute atomic E-state index is 0.234. The van der Waals surface area contributed by atoms with E-state index in [0.717, 1.165) is 30.7 Å². The zero-order valence-electron chi connectivity index (χ0n) is 14.2. The summed E-state index contributed by atoms with van der Waals surface area (Å²) < 4.78 is 43.2. The van der Waals surface area contributed by atoms with E-state index >= 15 is 0 Å². The van der Waals surface area contributed by atoms with Gasteiger partial charge in [0.2, 0.25) is 0 Å². The normalized spacial score (nSPS) is 11.3. The molecule has 0 spiro atoms. The number of rotatable bonds is 7. The number of carbonyl (C=O) groups is 1. The quantitative estimate of drug-likeness (QED) is 0.606. The first kappa shape index (κ1) is 20.1. The number of hydrogen-bond acceptors (Lipinski definition) is 2. The van der Waals surface area contributed by atoms with Gasteiger partial charge in [-0.25, -0.2) is 0 Å². The molecule has 0 saturated carbocycles. The number of alkyl halides is 3. The molecule has 0 N–H and O–H groups in total. The van der Waals surface area contributed by atoms with Crippen molar-refractivity contribution >= 4 is 17.5 Å². The summed E-state index contributed by atoms with van der Waals surface area (Å²) in [6.45, 7) is 0.994. The van der Waals surface area contributed by atoms with Crippen molar-refractivity contribution in [1.29, 1.82) is 0 Å². The van der Waals surface area contributed by atoms with Crippen LogP contribution in [-0.2, 0) is 6.18 Å². The molecule has 0 bridgehead atoms. The Kier molecular flexibility index (Phi) is 6.91. The fourth-order valence-electron chi connectivity index (χ4n) is 2.30. The number of benzene rings is 2. The molecule has 0 fully saturated rings. The van der Waals surface area contributed by atoms with E-state index in [1.54, 1.807) is 31.3 Å². The lowest BCUT2D eigenvalue weighted by Crippen LogP contribution is -2.28. The van der Waals surface area contributed by atoms with E-state index in [4.69, 9.17) is 16.3 Å². The molecule has 2 aromatic rings. The van der Waals surface area contributed by atoms with Crippen molar-refractivity contribution in [2.75, 3.05) is 20.2 Å². The van der Waals surface area contributed by atoms with Crippen LogP contribution >= 0.6 is 11.6 Å². The van der Waals surface area contributed by atoms with Gasteiger partial charge < -0.3 is 9.64 Å². The molecule has 26 heavy (non-hydrogen) atoms. The van der Waals surface area contributed by atoms with Gasteiger partial charge in [0.25, 0.3) is 5.91 Å². The summed E-state index contributed by atoms with van der Waals surface area (Å²) in [5.41, 5.74) is -0.533. The summed E-state index contributed by atoms with van der Waals surface area (Å²) in [7, 11) is 1.63. The zero-order valence-corrected chi connectivity index (χ0v) is 15.0. The monoisotopic (exact) mass is 385 g/mol. The highest BCUT2D eigenvalue weighted by molar-refractivity contribution is 6.30. The van der Waals surface area contributed by atoms with Gasteiger partial charge in [0, 0.05) is 24.2 Å². The second kappa shape index (κ2) is 8.94. The molecule has 1 amide bonds. The van der Waals surface area contributed by atoms with Gasteiger partial charge in [-0.05, 0) is 61.4 Å². The van der Waals surface area contributed by atoms with Gasteiger partial charge in [-0.1, -0.05) is 11.6 Å². The molecular weight excluding hydrogens is 367 g/mol. The van der Waals surface area contributed by atoms with E-state index in [0.29, 0.717) is 18.2 Å². The number of carbonyl (C=O) groups excluding carboxylic acids is 1. The molecule has 0 saturated heterocycles. The predicted molar refractivity (Wildman–Crippen MR) is 94.6 cm³/mol. The predicted octanol–water partition coefficient (Wildman–Crippen LogP) is 5.29. The van der Waals surface area contributed by atoms with Gasteiger partial charge in [0.1, 0.15) is 5.75 Å². The fraction of sp³-hybridized carbons (Fsp3) is 0.316. The maximum atomic E-state index is 12.5. The van der Waals surface area contributed by atoms with E-state index in [9.17, 15) is 18.0 Å². The molecular formula is C19H19ClF3NO2. The maximum Gasteiger partial charge on any atom is 0.416 e. The van der Waals surface area contributed by atoms with Crippen molar-refractivity contribution in [3.05, 3.63) is 64.7 Å². The summed E-state index contributed by atoms with van der Waals surface area (Å²) in [6.07, 6.45) is -2.94. The van der Waals surface area contributed by atoms with Crippen LogP contribution in [0, 0.1) is 0 Å². The Hall–Kier alpha value is -2.21. The topological polar surface area (TPSA) is 29.5 Å². The van der Waals surface area contributed by atoms with Crippen LogP contribution in [-0.4, -0.2) is 31.0 Å². The minimum atomic E-state index is -4.41. The third-order valence-corrected chi connectivity index (χ3v) is 4.03. The first-order valence-electron chi connectivity index (χ1n) is 8.08. The smallest absolute Gasteiger partial charge is 0.416 e. The van der Waals surface area contributed by atoms with Gasteiger partial charge in [-0.3, -0.25) is 4.79 Å². The fourth-order valence-corrected chi connectivity index (χ4v) is 2.42. The van der Waals surface area contributed by atoms with Gasteiger partial charge >= 0.3 is 6.18 Å². The van der Waals surface area contributed by atoms with E-state index in [1.807, 2.05) is 0 Å². The van der Waals surface area contributed by atoms with Crippen LogP contribution in [0.2, 0.25) is 5.02 Å². The summed E-state index contributed by atoms with van der Waals surface area (Å²) in [5, 5.41) is 0.640. The summed E-state index contributed by atoms with van der Waals surface area (Å²) in [6, 6.07) is 11.3. The lowest BCUT2D eigenvalue weighted by molar-refractivity contribution is -0.137. The second-order valence-corrected chi connectivity index (χ2v) is 6.25. The SMILES string of the molecule is CN(CCCCOc1ccc(Cl)cc1)C(=O)c1ccc(C(F)(F)F)cc1. The number of amides is 1. The van der Waals surface area contributed by atoms with Gasteiger partial charge in [0.15, 0.2) is 0 Å². The highest BCUT2D eigenvalue weighted by atomic mass is 35.5. The molecule has 0 aliphatic heterocycles. The van der Waals surface area contributed by atoms with Crippen molar-refractivity contribution in [3.63, 3.8) is 0 Å². The second-order valence-electron chi connectivity index (χ2n) is 5.81. The largest absolute Gasteiger partial charge is 0.494 e. The van der Waals surface area contributed by atoms with Crippen LogP contribution in [0.5, 0.6) is 5.75 Å². The third-order valence-electron chi connectivity index (χ3n) is 3.78. The number of unbranched alkanes of at least 4 members (excludes halogenated alkanes) is 1. The molecule has 2 rings (SSSR count). The molecule has 0 radical (unpaired) electrons. The Balaban J connectivity index is 1.74. The number of hydrogen-bond donors (Lipinski definition) is 0. The molecule has 140 valence electrons. The van der Waals surface area contributed by atoms with Crippen molar-refractivity contribution in [1.82, 2.24) is 4.90 Å². The van der Waals surface area contributed by atoms with Crippen molar-refractivity contribution in [2.45, 2.75) is 19.0 Å². The molecule has 0 atom stereocenters. The average molecular weight is 386 g/mol. The Morgan fingerprint density at radius 2 is 1.65 bits per heavy atom. The maximum absolute atomic E-state index is 12.5. The first-order chi connectivity index (χ1) is 12.3. The molecule has 0 aliphatic rings. The molecule has 0 unspecified atom stereocenters. The third kappa shape index (κ3) is 5.95. The molecule has 3 nitrogen and oxygen atoms in total. The number of halogens is 4. The Morgan fingerprint density at radius 1 is 1.04 bits per heavy atom. The summed E-state index contributed by atoms with van der Waals surface area (Å²) in [5.74, 6) is 0.418. The van der Waals surface area contributed by atoms with E-state index in [-0.39, 0.29) is 11.5 Å². The van der Waals surface area contributed by atoms with Crippen LogP contribution in [0.15, 0.2) is 48.5 Å². The lowest BCUT2D eigenvalue weighted by atomic mass is 10.1. The van der Waals surface area contributed by atoms with E-state index < -0.39 is 11.7 Å². The van der Waals surface area contributed by atoms with E-state index in [1.165, 1.54) is 17.0 Å². The zero-order chi connectivity index (χ0) is 19.2. The van der Waals surface area contributed by atoms with Gasteiger partial charge in [-0.2, -0.15) is 13.2 Å². The van der Waals surface area contributed by atoms with Gasteiger partial charge in [0.05, 0.1) is 12.2 Å². The van der Waals surface area contributed by atoms with E-state index in [2.05, 4.69) is 0 Å². The average Bonchev–Trinajstić information content (AvgIpc) is 2.61. The minimum Gasteiger partial charge on any atom is -0.494 e. The Bertz CT molecular complexity index is 715. The molecule has 0 heterocycles.